The van der Waals surface area contributed by atoms with E-state index in [0.717, 1.165) is 24.3 Å². The van der Waals surface area contributed by atoms with Crippen molar-refractivity contribution in [2.24, 2.45) is 0 Å². The van der Waals surface area contributed by atoms with Crippen LogP contribution < -0.4 is 4.90 Å². The third-order valence-electron chi connectivity index (χ3n) is 4.08. The number of hydrogen-bond donors (Lipinski definition) is 0. The average molecular weight is 378 g/mol. The van der Waals surface area contributed by atoms with E-state index in [1.165, 1.54) is 34.8 Å². The molecule has 0 aliphatic heterocycles. The second-order valence-corrected chi connectivity index (χ2v) is 7.53. The maximum absolute atomic E-state index is 13.5. The topological polar surface area (TPSA) is 36.4 Å². The quantitative estimate of drug-likeness (QED) is 0.609. The maximum Gasteiger partial charge on any atom is 0.270 e. The number of thiazole rings is 1. The molecule has 0 aliphatic carbocycles. The Morgan fingerprint density at radius 1 is 1.20 bits per heavy atom. The molecular formula is C18H20FN3OS2. The lowest BCUT2D eigenvalue weighted by Gasteiger charge is -2.24. The Morgan fingerprint density at radius 2 is 2.00 bits per heavy atom. The first-order chi connectivity index (χ1) is 12.1. The molecule has 7 heteroatoms. The highest BCUT2D eigenvalue weighted by molar-refractivity contribution is 7.22. The number of carbonyl (C=O) groups is 1. The summed E-state index contributed by atoms with van der Waals surface area (Å²) in [4.78, 5) is 22.2. The average Bonchev–Trinajstić information content (AvgIpc) is 3.27. The molecule has 2 aromatic heterocycles. The van der Waals surface area contributed by atoms with E-state index in [2.05, 4.69) is 23.7 Å². The summed E-state index contributed by atoms with van der Waals surface area (Å²) in [5, 5.41) is 2.51. The minimum Gasteiger partial charge on any atom is -0.302 e. The summed E-state index contributed by atoms with van der Waals surface area (Å²) in [6.07, 6.45) is 0. The van der Waals surface area contributed by atoms with Crippen LogP contribution in [0.15, 0.2) is 35.7 Å². The van der Waals surface area contributed by atoms with Gasteiger partial charge in [0, 0.05) is 13.1 Å². The number of carbonyl (C=O) groups excluding carboxylic acids is 1. The lowest BCUT2D eigenvalue weighted by Crippen LogP contribution is -2.38. The van der Waals surface area contributed by atoms with Crippen molar-refractivity contribution in [1.29, 1.82) is 0 Å². The molecular weight excluding hydrogens is 357 g/mol. The van der Waals surface area contributed by atoms with Crippen LogP contribution in [0.2, 0.25) is 0 Å². The van der Waals surface area contributed by atoms with Crippen molar-refractivity contribution in [3.8, 4) is 0 Å². The van der Waals surface area contributed by atoms with Gasteiger partial charge in [0.15, 0.2) is 5.13 Å². The van der Waals surface area contributed by atoms with Crippen LogP contribution in [-0.4, -0.2) is 42.0 Å². The van der Waals surface area contributed by atoms with E-state index in [4.69, 9.17) is 0 Å². The second kappa shape index (κ2) is 8.03. The summed E-state index contributed by atoms with van der Waals surface area (Å²) in [5.41, 5.74) is 0.716. The van der Waals surface area contributed by atoms with Crippen LogP contribution in [0.4, 0.5) is 9.52 Å². The molecule has 0 N–H and O–H groups in total. The van der Waals surface area contributed by atoms with Gasteiger partial charge in [-0.05, 0) is 42.7 Å². The fourth-order valence-corrected chi connectivity index (χ4v) is 4.29. The number of benzene rings is 1. The molecule has 0 unspecified atom stereocenters. The van der Waals surface area contributed by atoms with Gasteiger partial charge in [0.25, 0.3) is 5.91 Å². The molecule has 1 aromatic carbocycles. The Bertz CT molecular complexity index is 843. The minimum atomic E-state index is -0.290. The minimum absolute atomic E-state index is 0.0540. The molecule has 3 rings (SSSR count). The molecule has 4 nitrogen and oxygen atoms in total. The summed E-state index contributed by atoms with van der Waals surface area (Å²) in [6.45, 7) is 7.41. The lowest BCUT2D eigenvalue weighted by atomic mass is 10.3. The predicted molar refractivity (Wildman–Crippen MR) is 103 cm³/mol. The fraction of sp³-hybridized carbons (Fsp3) is 0.333. The Hall–Kier alpha value is -1.83. The summed E-state index contributed by atoms with van der Waals surface area (Å²) >= 11 is 2.77. The maximum atomic E-state index is 13.5. The number of rotatable bonds is 7. The van der Waals surface area contributed by atoms with E-state index >= 15 is 0 Å². The summed E-state index contributed by atoms with van der Waals surface area (Å²) in [6, 6.07) is 8.21. The van der Waals surface area contributed by atoms with E-state index in [9.17, 15) is 9.18 Å². The van der Waals surface area contributed by atoms with Gasteiger partial charge in [-0.3, -0.25) is 9.69 Å². The Balaban J connectivity index is 1.92. The molecule has 0 atom stereocenters. The van der Waals surface area contributed by atoms with Gasteiger partial charge in [-0.15, -0.1) is 11.3 Å². The molecule has 1 amide bonds. The van der Waals surface area contributed by atoms with Crippen molar-refractivity contribution in [1.82, 2.24) is 9.88 Å². The molecule has 0 saturated heterocycles. The fourth-order valence-electron chi connectivity index (χ4n) is 2.60. The third kappa shape index (κ3) is 4.05. The van der Waals surface area contributed by atoms with Gasteiger partial charge >= 0.3 is 0 Å². The SMILES string of the molecule is CCN(CC)CCN(C(=O)c1cccs1)c1nc2ccc(F)cc2s1. The molecule has 0 fully saturated rings. The number of hydrogen-bond acceptors (Lipinski definition) is 5. The molecule has 0 aliphatic rings. The molecule has 0 saturated carbocycles. The normalized spacial score (nSPS) is 11.4. The first-order valence-electron chi connectivity index (χ1n) is 8.26. The zero-order valence-corrected chi connectivity index (χ0v) is 15.9. The Kier molecular flexibility index (Phi) is 5.78. The van der Waals surface area contributed by atoms with Crippen molar-refractivity contribution in [2.75, 3.05) is 31.1 Å². The number of nitrogens with zero attached hydrogens (tertiary/aromatic N) is 3. The summed E-state index contributed by atoms with van der Waals surface area (Å²) < 4.78 is 14.2. The van der Waals surface area contributed by atoms with Gasteiger partial charge in [0.1, 0.15) is 5.82 Å². The molecule has 3 aromatic rings. The van der Waals surface area contributed by atoms with Crippen LogP contribution in [-0.2, 0) is 0 Å². The number of likely N-dealkylation sites (N-methyl/N-ethyl adjacent to an activating group) is 1. The van der Waals surface area contributed by atoms with Crippen LogP contribution in [0.5, 0.6) is 0 Å². The van der Waals surface area contributed by atoms with Crippen molar-refractivity contribution in [3.05, 3.63) is 46.4 Å². The predicted octanol–water partition coefficient (Wildman–Crippen LogP) is 4.49. The van der Waals surface area contributed by atoms with E-state index in [-0.39, 0.29) is 11.7 Å². The molecule has 0 spiro atoms. The summed E-state index contributed by atoms with van der Waals surface area (Å²) in [7, 11) is 0. The highest BCUT2D eigenvalue weighted by Gasteiger charge is 2.22. The zero-order chi connectivity index (χ0) is 17.8. The van der Waals surface area contributed by atoms with Crippen molar-refractivity contribution in [2.45, 2.75) is 13.8 Å². The molecule has 0 radical (unpaired) electrons. The first kappa shape index (κ1) is 18.0. The van der Waals surface area contributed by atoms with E-state index in [0.29, 0.717) is 22.1 Å². The number of anilines is 1. The third-order valence-corrected chi connectivity index (χ3v) is 5.98. The van der Waals surface area contributed by atoms with Crippen molar-refractivity contribution >= 4 is 43.9 Å². The number of halogens is 1. The molecule has 0 bridgehead atoms. The number of thiophene rings is 1. The van der Waals surface area contributed by atoms with E-state index in [1.807, 2.05) is 17.5 Å². The van der Waals surface area contributed by atoms with Gasteiger partial charge in [-0.1, -0.05) is 31.3 Å². The Morgan fingerprint density at radius 3 is 2.68 bits per heavy atom. The summed E-state index contributed by atoms with van der Waals surface area (Å²) in [5.74, 6) is -0.344. The smallest absolute Gasteiger partial charge is 0.270 e. The van der Waals surface area contributed by atoms with Gasteiger partial charge in [-0.2, -0.15) is 0 Å². The Labute approximate surface area is 154 Å². The molecule has 2 heterocycles. The first-order valence-corrected chi connectivity index (χ1v) is 9.95. The largest absolute Gasteiger partial charge is 0.302 e. The van der Waals surface area contributed by atoms with Crippen LogP contribution in [0.25, 0.3) is 10.2 Å². The van der Waals surface area contributed by atoms with Crippen molar-refractivity contribution in [3.63, 3.8) is 0 Å². The molecule has 25 heavy (non-hydrogen) atoms. The van der Waals surface area contributed by atoms with Crippen LogP contribution in [0.3, 0.4) is 0 Å². The second-order valence-electron chi connectivity index (χ2n) is 5.57. The van der Waals surface area contributed by atoms with Gasteiger partial charge in [-0.25, -0.2) is 9.37 Å². The van der Waals surface area contributed by atoms with Crippen molar-refractivity contribution < 1.29 is 9.18 Å². The van der Waals surface area contributed by atoms with Gasteiger partial charge in [0.05, 0.1) is 15.1 Å². The monoisotopic (exact) mass is 377 g/mol. The number of fused-ring (bicyclic) bond motifs is 1. The van der Waals surface area contributed by atoms with E-state index < -0.39 is 0 Å². The van der Waals surface area contributed by atoms with Crippen LogP contribution >= 0.6 is 22.7 Å². The molecule has 132 valence electrons. The van der Waals surface area contributed by atoms with Crippen LogP contribution in [0.1, 0.15) is 23.5 Å². The van der Waals surface area contributed by atoms with Gasteiger partial charge < -0.3 is 4.90 Å². The van der Waals surface area contributed by atoms with Crippen LogP contribution in [0, 0.1) is 5.82 Å². The lowest BCUT2D eigenvalue weighted by molar-refractivity contribution is 0.0987. The standard InChI is InChI=1S/C18H20FN3OS2/c1-3-21(4-2)9-10-22(17(23)15-6-5-11-24-15)18-20-14-8-7-13(19)12-16(14)25-18/h5-8,11-12H,3-4,9-10H2,1-2H3. The zero-order valence-electron chi connectivity index (χ0n) is 14.2. The number of amides is 1. The van der Waals surface area contributed by atoms with Gasteiger partial charge in [0.2, 0.25) is 0 Å². The van der Waals surface area contributed by atoms with E-state index in [1.54, 1.807) is 11.0 Å². The highest BCUT2D eigenvalue weighted by atomic mass is 32.1. The number of aromatic nitrogens is 1. The highest BCUT2D eigenvalue weighted by Crippen LogP contribution is 2.30.